The average molecular weight is 405 g/mol. The van der Waals surface area contributed by atoms with Gasteiger partial charge in [0.25, 0.3) is 0 Å². The zero-order chi connectivity index (χ0) is 18.1. The van der Waals surface area contributed by atoms with Crippen molar-refractivity contribution in [2.75, 3.05) is 7.11 Å². The summed E-state index contributed by atoms with van der Waals surface area (Å²) in [5, 5.41) is 16.4. The summed E-state index contributed by atoms with van der Waals surface area (Å²) in [6.45, 7) is 0. The summed E-state index contributed by atoms with van der Waals surface area (Å²) in [6.07, 6.45) is 0.198. The fourth-order valence-corrected chi connectivity index (χ4v) is 4.48. The first-order chi connectivity index (χ1) is 12.7. The second-order valence-electron chi connectivity index (χ2n) is 5.47. The topological polar surface area (TPSA) is 69.4 Å². The summed E-state index contributed by atoms with van der Waals surface area (Å²) in [4.78, 5) is 12.8. The molecule has 3 heterocycles. The molecule has 0 N–H and O–H groups in total. The first-order valence-electron chi connectivity index (χ1n) is 7.73. The number of hydrogen-bond acceptors (Lipinski definition) is 7. The maximum absolute atomic E-state index is 11.9. The van der Waals surface area contributed by atoms with Crippen LogP contribution < -0.4 is 0 Å². The minimum atomic E-state index is -0.296. The van der Waals surface area contributed by atoms with Gasteiger partial charge in [0.2, 0.25) is 5.16 Å². The van der Waals surface area contributed by atoms with Crippen molar-refractivity contribution in [1.82, 2.24) is 14.9 Å². The van der Waals surface area contributed by atoms with Gasteiger partial charge in [-0.3, -0.25) is 4.79 Å². The third kappa shape index (κ3) is 3.27. The van der Waals surface area contributed by atoms with E-state index >= 15 is 0 Å². The molecular formula is C17H13ClN4O2S2. The summed E-state index contributed by atoms with van der Waals surface area (Å²) in [6, 6.07) is 11.3. The molecule has 0 spiro atoms. The number of thiophene rings is 1. The Morgan fingerprint density at radius 3 is 2.77 bits per heavy atom. The van der Waals surface area contributed by atoms with Crippen LogP contribution in [0.2, 0.25) is 5.02 Å². The Balaban J connectivity index is 1.80. The van der Waals surface area contributed by atoms with Gasteiger partial charge >= 0.3 is 5.97 Å². The van der Waals surface area contributed by atoms with E-state index in [4.69, 9.17) is 21.4 Å². The van der Waals surface area contributed by atoms with Crippen LogP contribution in [0.25, 0.3) is 10.7 Å². The van der Waals surface area contributed by atoms with Crippen molar-refractivity contribution >= 4 is 46.4 Å². The molecule has 0 saturated heterocycles. The highest BCUT2D eigenvalue weighted by Crippen LogP contribution is 2.35. The molecule has 4 rings (SSSR count). The van der Waals surface area contributed by atoms with Gasteiger partial charge in [0.1, 0.15) is 0 Å². The first kappa shape index (κ1) is 17.3. The summed E-state index contributed by atoms with van der Waals surface area (Å²) >= 11 is 9.04. The summed E-state index contributed by atoms with van der Waals surface area (Å²) in [5.41, 5.74) is 1.66. The Bertz CT molecular complexity index is 967. The number of ether oxygens (including phenoxy) is 1. The Morgan fingerprint density at radius 1 is 1.27 bits per heavy atom. The van der Waals surface area contributed by atoms with Crippen molar-refractivity contribution in [3.63, 3.8) is 0 Å². The molecule has 1 unspecified atom stereocenters. The molecule has 1 atom stereocenters. The number of hydrogen-bond donors (Lipinski definition) is 0. The van der Waals surface area contributed by atoms with Crippen LogP contribution >= 0.6 is 34.7 Å². The monoisotopic (exact) mass is 404 g/mol. The smallest absolute Gasteiger partial charge is 0.307 e. The second-order valence-corrected chi connectivity index (χ2v) is 8.03. The lowest BCUT2D eigenvalue weighted by molar-refractivity contribution is -0.140. The van der Waals surface area contributed by atoms with Gasteiger partial charge in [-0.15, -0.1) is 21.5 Å². The van der Waals surface area contributed by atoms with E-state index in [-0.39, 0.29) is 17.6 Å². The van der Waals surface area contributed by atoms with Crippen LogP contribution in [-0.2, 0) is 9.53 Å². The number of aromatic nitrogens is 3. The number of carbonyl (C=O) groups is 1. The quantitative estimate of drug-likeness (QED) is 0.616. The Morgan fingerprint density at radius 2 is 2.08 bits per heavy atom. The molecule has 1 aliphatic rings. The van der Waals surface area contributed by atoms with Crippen molar-refractivity contribution < 1.29 is 9.53 Å². The minimum Gasteiger partial charge on any atom is -0.469 e. The van der Waals surface area contributed by atoms with Gasteiger partial charge in [0, 0.05) is 5.02 Å². The van der Waals surface area contributed by atoms with Gasteiger partial charge in [-0.05, 0) is 29.1 Å². The number of methoxy groups -OCH3 is 1. The van der Waals surface area contributed by atoms with E-state index in [9.17, 15) is 4.79 Å². The van der Waals surface area contributed by atoms with Gasteiger partial charge in [-0.25, -0.2) is 0 Å². The normalized spacial score (nSPS) is 16.1. The predicted molar refractivity (Wildman–Crippen MR) is 103 cm³/mol. The average Bonchev–Trinajstić information content (AvgIpc) is 3.30. The van der Waals surface area contributed by atoms with Crippen LogP contribution in [0.15, 0.2) is 52.0 Å². The molecule has 9 heteroatoms. The van der Waals surface area contributed by atoms with E-state index in [1.807, 2.05) is 29.6 Å². The molecule has 3 aromatic rings. The van der Waals surface area contributed by atoms with Gasteiger partial charge < -0.3 is 4.74 Å². The van der Waals surface area contributed by atoms with Gasteiger partial charge in [0.15, 0.2) is 5.82 Å². The SMILES string of the molecule is COC(=O)CC1Sc2nnc(-c3cccs3)n2N=C1c1ccc(Cl)cc1. The molecule has 0 saturated carbocycles. The lowest BCUT2D eigenvalue weighted by Crippen LogP contribution is -2.27. The van der Waals surface area contributed by atoms with Crippen molar-refractivity contribution in [3.05, 3.63) is 52.4 Å². The fourth-order valence-electron chi connectivity index (χ4n) is 2.58. The van der Waals surface area contributed by atoms with E-state index in [1.165, 1.54) is 18.9 Å². The Kier molecular flexibility index (Phi) is 4.80. The molecule has 1 aromatic carbocycles. The zero-order valence-electron chi connectivity index (χ0n) is 13.6. The van der Waals surface area contributed by atoms with E-state index in [0.717, 1.165) is 16.2 Å². The van der Waals surface area contributed by atoms with Crippen LogP contribution in [0.1, 0.15) is 12.0 Å². The number of nitrogens with zero attached hydrogens (tertiary/aromatic N) is 4. The maximum Gasteiger partial charge on any atom is 0.307 e. The van der Waals surface area contributed by atoms with Crippen molar-refractivity contribution in [3.8, 4) is 10.7 Å². The third-order valence-corrected chi connectivity index (χ3v) is 6.09. The molecule has 6 nitrogen and oxygen atoms in total. The highest BCUT2D eigenvalue weighted by atomic mass is 35.5. The van der Waals surface area contributed by atoms with Crippen molar-refractivity contribution in [2.24, 2.45) is 5.10 Å². The minimum absolute atomic E-state index is 0.198. The van der Waals surface area contributed by atoms with Crippen LogP contribution in [-0.4, -0.2) is 38.9 Å². The molecule has 26 heavy (non-hydrogen) atoms. The number of halogens is 1. The predicted octanol–water partition coefficient (Wildman–Crippen LogP) is 3.95. The molecule has 132 valence electrons. The number of benzene rings is 1. The highest BCUT2D eigenvalue weighted by molar-refractivity contribution is 8.00. The Hall–Kier alpha value is -2.16. The molecular weight excluding hydrogens is 392 g/mol. The molecule has 2 aromatic heterocycles. The number of carbonyl (C=O) groups excluding carboxylic acids is 1. The van der Waals surface area contributed by atoms with E-state index in [1.54, 1.807) is 28.1 Å². The maximum atomic E-state index is 11.9. The number of fused-ring (bicyclic) bond motifs is 1. The second kappa shape index (κ2) is 7.22. The molecule has 0 bridgehead atoms. The highest BCUT2D eigenvalue weighted by Gasteiger charge is 2.31. The summed E-state index contributed by atoms with van der Waals surface area (Å²) in [7, 11) is 1.38. The van der Waals surface area contributed by atoms with Gasteiger partial charge in [0.05, 0.1) is 29.4 Å². The number of rotatable bonds is 4. The van der Waals surface area contributed by atoms with Gasteiger partial charge in [-0.1, -0.05) is 41.6 Å². The zero-order valence-corrected chi connectivity index (χ0v) is 16.0. The Labute approximate surface area is 162 Å². The molecule has 1 aliphatic heterocycles. The molecule has 0 amide bonds. The first-order valence-corrected chi connectivity index (χ1v) is 9.87. The van der Waals surface area contributed by atoms with Crippen LogP contribution in [0, 0.1) is 0 Å². The van der Waals surface area contributed by atoms with Crippen LogP contribution in [0.3, 0.4) is 0 Å². The van der Waals surface area contributed by atoms with Gasteiger partial charge in [-0.2, -0.15) is 9.78 Å². The summed E-state index contributed by atoms with van der Waals surface area (Å²) in [5.74, 6) is 0.390. The van der Waals surface area contributed by atoms with Crippen LogP contribution in [0.5, 0.6) is 0 Å². The fraction of sp³-hybridized carbons (Fsp3) is 0.176. The molecule has 0 radical (unpaired) electrons. The van der Waals surface area contributed by atoms with Crippen LogP contribution in [0.4, 0.5) is 0 Å². The van der Waals surface area contributed by atoms with E-state index in [0.29, 0.717) is 16.0 Å². The van der Waals surface area contributed by atoms with Crippen molar-refractivity contribution in [2.45, 2.75) is 16.8 Å². The lowest BCUT2D eigenvalue weighted by atomic mass is 10.1. The molecule has 0 aliphatic carbocycles. The van der Waals surface area contributed by atoms with E-state index in [2.05, 4.69) is 10.2 Å². The standard InChI is InChI=1S/C17H13ClN4O2S2/c1-24-14(23)9-13-15(10-4-6-11(18)7-5-10)21-22-16(12-3-2-8-25-12)19-20-17(22)26-13/h2-8,13H,9H2,1H3. The van der Waals surface area contributed by atoms with E-state index < -0.39 is 0 Å². The lowest BCUT2D eigenvalue weighted by Gasteiger charge is -2.22. The van der Waals surface area contributed by atoms with Crippen molar-refractivity contribution in [1.29, 1.82) is 0 Å². The molecule has 0 fully saturated rings. The summed E-state index contributed by atoms with van der Waals surface area (Å²) < 4.78 is 6.57. The third-order valence-electron chi connectivity index (χ3n) is 3.83. The number of thioether (sulfide) groups is 1. The number of esters is 1. The largest absolute Gasteiger partial charge is 0.469 e.